The number of Topliss-reactive ketones (excluding diaryl/α,β-unsaturated/α-hetero) is 1. The summed E-state index contributed by atoms with van der Waals surface area (Å²) in [5.74, 6) is -0.621. The lowest BCUT2D eigenvalue weighted by Gasteiger charge is -2.25. The Morgan fingerprint density at radius 1 is 1.13 bits per heavy atom. The third-order valence-electron chi connectivity index (χ3n) is 9.26. The average Bonchev–Trinajstić information content (AvgIpc) is 3.72. The number of anilines is 1. The van der Waals surface area contributed by atoms with E-state index in [0.717, 1.165) is 42.7 Å². The summed E-state index contributed by atoms with van der Waals surface area (Å²) in [5.41, 5.74) is 15.7. The number of carbonyl (C=O) groups excluding carboxylic acids is 1. The standard InChI is InChI=1S/C33H46N8O5S/c1-5-9-22(26(35)21-11-6-12-24-25(21)23(18-34)29(36)47-24)28(42)30-37-31-27(32(38-30)46-19-20-10-7-13-39(20)2)40(15-17-45-4)33(43)41(31)14-8-16-44-3/h20-21H,5-17,19,35-36H2,1-4H3/b26-22-. The van der Waals surface area contributed by atoms with E-state index >= 15 is 0 Å². The molecule has 5 rings (SSSR count). The molecule has 2 atom stereocenters. The number of hydrogen-bond acceptors (Lipinski definition) is 12. The highest BCUT2D eigenvalue weighted by atomic mass is 32.1. The number of nitrogens with two attached hydrogens (primary N) is 2. The van der Waals surface area contributed by atoms with Gasteiger partial charge in [0.15, 0.2) is 11.2 Å². The minimum atomic E-state index is -0.413. The first kappa shape index (κ1) is 34.6. The van der Waals surface area contributed by atoms with Crippen LogP contribution < -0.4 is 21.9 Å². The fourth-order valence-electron chi connectivity index (χ4n) is 6.79. The van der Waals surface area contributed by atoms with E-state index in [1.54, 1.807) is 23.4 Å². The first-order valence-corrected chi connectivity index (χ1v) is 17.2. The van der Waals surface area contributed by atoms with Crippen molar-refractivity contribution in [2.24, 2.45) is 5.73 Å². The number of nitrogen functional groups attached to an aromatic ring is 1. The van der Waals surface area contributed by atoms with Crippen LogP contribution in [0.2, 0.25) is 0 Å². The monoisotopic (exact) mass is 666 g/mol. The lowest BCUT2D eigenvalue weighted by molar-refractivity contribution is 0.101. The number of nitrogens with zero attached hydrogens (tertiary/aromatic N) is 6. The number of imidazole rings is 1. The van der Waals surface area contributed by atoms with E-state index in [1.807, 2.05) is 6.92 Å². The molecule has 13 nitrogen and oxygen atoms in total. The number of hydrogen-bond donors (Lipinski definition) is 2. The summed E-state index contributed by atoms with van der Waals surface area (Å²) in [6, 6.07) is 2.44. The number of nitriles is 1. The third kappa shape index (κ3) is 6.94. The second-order valence-corrected chi connectivity index (χ2v) is 13.4. The van der Waals surface area contributed by atoms with Crippen molar-refractivity contribution >= 4 is 33.3 Å². The maximum Gasteiger partial charge on any atom is 0.330 e. The van der Waals surface area contributed by atoms with E-state index < -0.39 is 5.78 Å². The van der Waals surface area contributed by atoms with Crippen molar-refractivity contribution in [3.05, 3.63) is 43.6 Å². The van der Waals surface area contributed by atoms with Gasteiger partial charge in [0.05, 0.1) is 18.7 Å². The molecule has 1 aliphatic heterocycles. The molecule has 0 saturated carbocycles. The van der Waals surface area contributed by atoms with Crippen LogP contribution in [0, 0.1) is 11.3 Å². The summed E-state index contributed by atoms with van der Waals surface area (Å²) in [6.07, 6.45) is 6.07. The van der Waals surface area contributed by atoms with Crippen molar-refractivity contribution in [3.63, 3.8) is 0 Å². The molecule has 1 aliphatic carbocycles. The van der Waals surface area contributed by atoms with Gasteiger partial charge in [0.1, 0.15) is 17.7 Å². The first-order chi connectivity index (χ1) is 22.7. The zero-order chi connectivity index (χ0) is 33.7. The fraction of sp³-hybridized carbons (Fsp3) is 0.606. The number of ketones is 1. The molecule has 0 spiro atoms. The molecule has 3 aromatic rings. The molecule has 0 radical (unpaired) electrons. The quantitative estimate of drug-likeness (QED) is 0.138. The number of fused-ring (bicyclic) bond motifs is 2. The molecule has 3 aromatic heterocycles. The van der Waals surface area contributed by atoms with Gasteiger partial charge in [-0.2, -0.15) is 10.2 Å². The zero-order valence-corrected chi connectivity index (χ0v) is 28.7. The van der Waals surface area contributed by atoms with Gasteiger partial charge >= 0.3 is 5.69 Å². The SMILES string of the molecule is CCC/C(C(=O)c1nc(OCC2CCCN2C)c2c(n1)n(CCCOC)c(=O)n2CCOC)=C(/N)C1CCCc2sc(N)c(C#N)c21. The van der Waals surface area contributed by atoms with E-state index in [9.17, 15) is 14.9 Å². The van der Waals surface area contributed by atoms with Crippen LogP contribution in [0.5, 0.6) is 5.88 Å². The Hall–Kier alpha value is -3.77. The fourth-order valence-corrected chi connectivity index (χ4v) is 7.92. The largest absolute Gasteiger partial charge is 0.474 e. The summed E-state index contributed by atoms with van der Waals surface area (Å²) in [5, 5.41) is 10.4. The molecule has 14 heteroatoms. The number of allylic oxidation sites excluding steroid dienone is 2. The van der Waals surface area contributed by atoms with Gasteiger partial charge in [-0.05, 0) is 64.1 Å². The van der Waals surface area contributed by atoms with E-state index in [-0.39, 0.29) is 35.9 Å². The Labute approximate surface area is 279 Å². The van der Waals surface area contributed by atoms with Gasteiger partial charge in [-0.3, -0.25) is 13.9 Å². The molecule has 47 heavy (non-hydrogen) atoms. The van der Waals surface area contributed by atoms with Crippen molar-refractivity contribution in [3.8, 4) is 11.9 Å². The molecular formula is C33H46N8O5S. The van der Waals surface area contributed by atoms with Crippen molar-refractivity contribution in [1.29, 1.82) is 5.26 Å². The van der Waals surface area contributed by atoms with Crippen molar-refractivity contribution in [2.45, 2.75) is 83.3 Å². The average molecular weight is 667 g/mol. The Balaban J connectivity index is 1.66. The molecular weight excluding hydrogens is 620 g/mol. The van der Waals surface area contributed by atoms with Crippen LogP contribution in [0.3, 0.4) is 0 Å². The van der Waals surface area contributed by atoms with Crippen molar-refractivity contribution in [2.75, 3.05) is 53.4 Å². The number of likely N-dealkylation sites (tertiary alicyclic amines) is 1. The first-order valence-electron chi connectivity index (χ1n) is 16.4. The van der Waals surface area contributed by atoms with Gasteiger partial charge in [-0.15, -0.1) is 11.3 Å². The van der Waals surface area contributed by atoms with Crippen LogP contribution in [0.25, 0.3) is 11.2 Å². The number of aryl methyl sites for hydroxylation is 2. The molecule has 0 bridgehead atoms. The Morgan fingerprint density at radius 2 is 1.91 bits per heavy atom. The number of rotatable bonds is 15. The third-order valence-corrected chi connectivity index (χ3v) is 10.4. The molecule has 1 fully saturated rings. The molecule has 0 aromatic carbocycles. The number of carbonyl (C=O) groups is 1. The minimum Gasteiger partial charge on any atom is -0.474 e. The lowest BCUT2D eigenvalue weighted by atomic mass is 9.80. The summed E-state index contributed by atoms with van der Waals surface area (Å²) >= 11 is 1.43. The van der Waals surface area contributed by atoms with Gasteiger partial charge in [0.2, 0.25) is 17.5 Å². The van der Waals surface area contributed by atoms with E-state index in [0.29, 0.717) is 85.0 Å². The van der Waals surface area contributed by atoms with Crippen LogP contribution in [0.4, 0.5) is 5.00 Å². The zero-order valence-electron chi connectivity index (χ0n) is 27.8. The van der Waals surface area contributed by atoms with Crippen LogP contribution in [0.1, 0.15) is 84.4 Å². The number of likely N-dealkylation sites (N-methyl/N-ethyl adjacent to an activating group) is 1. The normalized spacial score (nSPS) is 18.7. The second kappa shape index (κ2) is 15.4. The summed E-state index contributed by atoms with van der Waals surface area (Å²) < 4.78 is 20.1. The Bertz CT molecular complexity index is 1730. The molecule has 4 heterocycles. The van der Waals surface area contributed by atoms with Crippen LogP contribution in [0.15, 0.2) is 16.1 Å². The van der Waals surface area contributed by atoms with Gasteiger partial charge < -0.3 is 30.6 Å². The van der Waals surface area contributed by atoms with Gasteiger partial charge in [0, 0.05) is 55.5 Å². The Morgan fingerprint density at radius 3 is 2.60 bits per heavy atom. The molecule has 2 unspecified atom stereocenters. The second-order valence-electron chi connectivity index (χ2n) is 12.3. The van der Waals surface area contributed by atoms with Crippen molar-refractivity contribution in [1.82, 2.24) is 24.0 Å². The summed E-state index contributed by atoms with van der Waals surface area (Å²) in [7, 11) is 5.25. The number of thiophene rings is 1. The van der Waals surface area contributed by atoms with E-state index in [2.05, 4.69) is 18.0 Å². The van der Waals surface area contributed by atoms with E-state index in [1.165, 1.54) is 11.3 Å². The summed E-state index contributed by atoms with van der Waals surface area (Å²) in [6.45, 7) is 4.65. The van der Waals surface area contributed by atoms with Gasteiger partial charge in [0.25, 0.3) is 0 Å². The molecule has 1 saturated heterocycles. The van der Waals surface area contributed by atoms with Crippen molar-refractivity contribution < 1.29 is 19.0 Å². The van der Waals surface area contributed by atoms with Gasteiger partial charge in [-0.1, -0.05) is 13.3 Å². The highest BCUT2D eigenvalue weighted by Gasteiger charge is 2.33. The van der Waals surface area contributed by atoms with Crippen LogP contribution in [-0.2, 0) is 29.0 Å². The molecule has 254 valence electrons. The van der Waals surface area contributed by atoms with Crippen LogP contribution >= 0.6 is 11.3 Å². The smallest absolute Gasteiger partial charge is 0.330 e. The summed E-state index contributed by atoms with van der Waals surface area (Å²) in [4.78, 5) is 41.1. The van der Waals surface area contributed by atoms with E-state index in [4.69, 9.17) is 35.6 Å². The molecule has 4 N–H and O–H groups in total. The number of ether oxygens (including phenoxy) is 3. The molecule has 2 aliphatic rings. The lowest BCUT2D eigenvalue weighted by Crippen LogP contribution is -2.31. The highest BCUT2D eigenvalue weighted by Crippen LogP contribution is 2.45. The number of methoxy groups -OCH3 is 2. The predicted octanol–water partition coefficient (Wildman–Crippen LogP) is 3.58. The molecule has 0 amide bonds. The predicted molar refractivity (Wildman–Crippen MR) is 181 cm³/mol. The maximum atomic E-state index is 14.5. The highest BCUT2D eigenvalue weighted by molar-refractivity contribution is 7.16. The maximum absolute atomic E-state index is 14.5. The Kier molecular flexibility index (Phi) is 11.3. The van der Waals surface area contributed by atoms with Crippen LogP contribution in [-0.4, -0.2) is 83.5 Å². The number of aromatic nitrogens is 4. The van der Waals surface area contributed by atoms with Gasteiger partial charge in [-0.25, -0.2) is 9.78 Å². The minimum absolute atomic E-state index is 0.0792. The topological polar surface area (TPSA) is 177 Å².